The number of hydrogen-bond acceptors (Lipinski definition) is 10. The van der Waals surface area contributed by atoms with E-state index in [0.717, 1.165) is 5.56 Å². The van der Waals surface area contributed by atoms with E-state index in [2.05, 4.69) is 30.6 Å². The number of benzene rings is 1. The summed E-state index contributed by atoms with van der Waals surface area (Å²) in [5.74, 6) is 2.15. The van der Waals surface area contributed by atoms with E-state index >= 15 is 0 Å². The van der Waals surface area contributed by atoms with Crippen molar-refractivity contribution in [2.45, 2.75) is 6.54 Å². The van der Waals surface area contributed by atoms with Crippen LogP contribution in [0.25, 0.3) is 11.0 Å². The molecule has 30 heavy (non-hydrogen) atoms. The van der Waals surface area contributed by atoms with Crippen LogP contribution < -0.4 is 15.5 Å². The largest absolute Gasteiger partial charge is 0.395 e. The van der Waals surface area contributed by atoms with Crippen molar-refractivity contribution in [2.24, 2.45) is 0 Å². The van der Waals surface area contributed by atoms with E-state index in [4.69, 9.17) is 5.11 Å². The second-order valence-corrected chi connectivity index (χ2v) is 9.40. The van der Waals surface area contributed by atoms with Crippen LogP contribution in [0.15, 0.2) is 36.7 Å². The van der Waals surface area contributed by atoms with Gasteiger partial charge in [0.1, 0.15) is 17.4 Å². The summed E-state index contributed by atoms with van der Waals surface area (Å²) < 4.78 is 19.9. The minimum absolute atomic E-state index is 0.0498. The van der Waals surface area contributed by atoms with Crippen LogP contribution in [0.2, 0.25) is 0 Å². The second-order valence-electron chi connectivity index (χ2n) is 6.98. The standard InChI is InChI=1S/C19H25N7O3S/c27-9-6-20-19-24-15-16(18(25-19)26-7-10-30(28,29)11-8-26)22-13-23-17(15)21-12-14-4-2-1-3-5-14/h1-5,13,27-29H,6-12H2,(H,20,24,25)(H,21,22,23). The molecule has 0 radical (unpaired) electrons. The third-order valence-corrected chi connectivity index (χ3v) is 6.51. The molecule has 160 valence electrons. The van der Waals surface area contributed by atoms with E-state index in [1.165, 1.54) is 6.33 Å². The number of aliphatic hydroxyl groups excluding tert-OH is 1. The summed E-state index contributed by atoms with van der Waals surface area (Å²) in [4.78, 5) is 19.9. The van der Waals surface area contributed by atoms with Gasteiger partial charge in [-0.15, -0.1) is 0 Å². The van der Waals surface area contributed by atoms with Gasteiger partial charge in [-0.3, -0.25) is 9.11 Å². The van der Waals surface area contributed by atoms with Crippen molar-refractivity contribution in [3.63, 3.8) is 0 Å². The highest BCUT2D eigenvalue weighted by molar-refractivity contribution is 8.24. The van der Waals surface area contributed by atoms with Crippen molar-refractivity contribution in [1.82, 2.24) is 19.9 Å². The van der Waals surface area contributed by atoms with Gasteiger partial charge in [0.2, 0.25) is 5.95 Å². The summed E-state index contributed by atoms with van der Waals surface area (Å²) in [6.45, 7) is 1.77. The number of fused-ring (bicyclic) bond motifs is 1. The molecule has 1 aliphatic rings. The van der Waals surface area contributed by atoms with Crippen LogP contribution in [0.4, 0.5) is 17.6 Å². The molecule has 1 aromatic carbocycles. The summed E-state index contributed by atoms with van der Waals surface area (Å²) in [7, 11) is -2.53. The molecule has 0 bridgehead atoms. The van der Waals surface area contributed by atoms with Gasteiger partial charge in [0.05, 0.1) is 18.1 Å². The molecule has 3 heterocycles. The average molecular weight is 432 g/mol. The molecule has 0 atom stereocenters. The molecule has 0 spiro atoms. The quantitative estimate of drug-likeness (QED) is 0.377. The van der Waals surface area contributed by atoms with Gasteiger partial charge in [-0.25, -0.2) is 15.0 Å². The lowest BCUT2D eigenvalue weighted by Crippen LogP contribution is -2.39. The topological polar surface area (TPSA) is 140 Å². The fourth-order valence-corrected chi connectivity index (χ4v) is 4.48. The van der Waals surface area contributed by atoms with Gasteiger partial charge in [0.25, 0.3) is 0 Å². The normalized spacial score (nSPS) is 17.0. The number of hydrogen-bond donors (Lipinski definition) is 5. The maximum atomic E-state index is 9.95. The predicted molar refractivity (Wildman–Crippen MR) is 119 cm³/mol. The number of anilines is 3. The van der Waals surface area contributed by atoms with Gasteiger partial charge < -0.3 is 20.6 Å². The van der Waals surface area contributed by atoms with E-state index in [1.807, 2.05) is 35.2 Å². The first-order valence-electron chi connectivity index (χ1n) is 9.69. The van der Waals surface area contributed by atoms with Gasteiger partial charge in [-0.2, -0.15) is 15.6 Å². The maximum Gasteiger partial charge on any atom is 0.225 e. The summed E-state index contributed by atoms with van der Waals surface area (Å²) >= 11 is 0. The maximum absolute atomic E-state index is 9.95. The molecule has 11 heteroatoms. The minimum Gasteiger partial charge on any atom is -0.395 e. The highest BCUT2D eigenvalue weighted by Gasteiger charge is 2.26. The lowest BCUT2D eigenvalue weighted by molar-refractivity contribution is 0.311. The van der Waals surface area contributed by atoms with Crippen LogP contribution in [0.5, 0.6) is 0 Å². The molecule has 10 nitrogen and oxygen atoms in total. The van der Waals surface area contributed by atoms with Crippen molar-refractivity contribution in [3.8, 4) is 0 Å². The van der Waals surface area contributed by atoms with Gasteiger partial charge in [-0.05, 0) is 5.56 Å². The Balaban J connectivity index is 1.69. The molecule has 3 aromatic rings. The Morgan fingerprint density at radius 1 is 0.967 bits per heavy atom. The smallest absolute Gasteiger partial charge is 0.225 e. The van der Waals surface area contributed by atoms with E-state index in [9.17, 15) is 9.11 Å². The van der Waals surface area contributed by atoms with Crippen LogP contribution in [0.3, 0.4) is 0 Å². The van der Waals surface area contributed by atoms with Crippen molar-refractivity contribution >= 4 is 39.2 Å². The number of nitrogens with one attached hydrogen (secondary N) is 2. The SMILES string of the molecule is OCCNc1nc(N2CCS(O)(O)CC2)c2ncnc(NCc3ccccc3)c2n1. The Bertz CT molecular complexity index is 996. The van der Waals surface area contributed by atoms with Crippen molar-refractivity contribution < 1.29 is 14.2 Å². The van der Waals surface area contributed by atoms with Gasteiger partial charge in [-0.1, -0.05) is 30.3 Å². The third kappa shape index (κ3) is 4.70. The summed E-state index contributed by atoms with van der Waals surface area (Å²) in [5.41, 5.74) is 2.27. The van der Waals surface area contributed by atoms with Gasteiger partial charge in [0.15, 0.2) is 11.6 Å². The number of rotatable bonds is 7. The molecule has 0 unspecified atom stereocenters. The van der Waals surface area contributed by atoms with Crippen molar-refractivity contribution in [3.05, 3.63) is 42.2 Å². The first-order chi connectivity index (χ1) is 14.6. The summed E-state index contributed by atoms with van der Waals surface area (Å²) in [5, 5.41) is 15.5. The zero-order valence-corrected chi connectivity index (χ0v) is 17.2. The Morgan fingerprint density at radius 3 is 2.47 bits per heavy atom. The molecule has 1 saturated heterocycles. The molecule has 0 amide bonds. The molecular formula is C19H25N7O3S. The highest BCUT2D eigenvalue weighted by Crippen LogP contribution is 2.41. The van der Waals surface area contributed by atoms with Crippen LogP contribution in [-0.2, 0) is 6.54 Å². The molecule has 2 aromatic heterocycles. The molecule has 0 saturated carbocycles. The highest BCUT2D eigenvalue weighted by atomic mass is 32.3. The number of nitrogens with zero attached hydrogens (tertiary/aromatic N) is 5. The second kappa shape index (κ2) is 8.96. The third-order valence-electron chi connectivity index (χ3n) is 4.84. The lowest BCUT2D eigenvalue weighted by atomic mass is 10.2. The van der Waals surface area contributed by atoms with E-state index in [-0.39, 0.29) is 6.61 Å². The zero-order chi connectivity index (χ0) is 21.0. The van der Waals surface area contributed by atoms with Gasteiger partial charge in [0, 0.05) is 26.2 Å². The number of aromatic nitrogens is 4. The fraction of sp³-hybridized carbons (Fsp3) is 0.368. The Kier molecular flexibility index (Phi) is 6.13. The first kappa shape index (κ1) is 20.5. The van der Waals surface area contributed by atoms with Crippen molar-refractivity contribution in [1.29, 1.82) is 0 Å². The van der Waals surface area contributed by atoms with Crippen molar-refractivity contribution in [2.75, 3.05) is 53.3 Å². The lowest BCUT2D eigenvalue weighted by Gasteiger charge is -2.41. The van der Waals surface area contributed by atoms with E-state index < -0.39 is 10.6 Å². The zero-order valence-electron chi connectivity index (χ0n) is 16.4. The monoisotopic (exact) mass is 431 g/mol. The minimum atomic E-state index is -2.53. The van der Waals surface area contributed by atoms with Crippen LogP contribution >= 0.6 is 10.6 Å². The number of aliphatic hydroxyl groups is 1. The Labute approximate surface area is 175 Å². The first-order valence-corrected chi connectivity index (χ1v) is 11.6. The van der Waals surface area contributed by atoms with E-state index in [1.54, 1.807) is 0 Å². The average Bonchev–Trinajstić information content (AvgIpc) is 2.76. The van der Waals surface area contributed by atoms with Crippen LogP contribution in [0.1, 0.15) is 5.56 Å². The summed E-state index contributed by atoms with van der Waals surface area (Å²) in [6.07, 6.45) is 1.47. The van der Waals surface area contributed by atoms with E-state index in [0.29, 0.717) is 66.3 Å². The van der Waals surface area contributed by atoms with Crippen LogP contribution in [0, 0.1) is 0 Å². The summed E-state index contributed by atoms with van der Waals surface area (Å²) in [6, 6.07) is 9.98. The molecule has 4 rings (SSSR count). The molecule has 0 aliphatic carbocycles. The van der Waals surface area contributed by atoms with Gasteiger partial charge >= 0.3 is 0 Å². The molecule has 1 aliphatic heterocycles. The molecule has 5 N–H and O–H groups in total. The Hall–Kier alpha value is -2.73. The molecular weight excluding hydrogens is 406 g/mol. The molecule has 1 fully saturated rings. The van der Waals surface area contributed by atoms with Crippen LogP contribution in [-0.4, -0.2) is 71.9 Å². The Morgan fingerprint density at radius 2 is 1.73 bits per heavy atom. The predicted octanol–water partition coefficient (Wildman–Crippen LogP) is 2.01. The fourth-order valence-electron chi connectivity index (χ4n) is 3.25.